The van der Waals surface area contributed by atoms with Crippen LogP contribution in [-0.4, -0.2) is 31.1 Å². The molecule has 0 amide bonds. The van der Waals surface area contributed by atoms with Gasteiger partial charge in [0.2, 0.25) is 0 Å². The average molecular weight is 412 g/mol. The number of fused-ring (bicyclic) bond motifs is 1. The summed E-state index contributed by atoms with van der Waals surface area (Å²) in [5.74, 6) is 0.0688. The van der Waals surface area contributed by atoms with Crippen LogP contribution in [0.3, 0.4) is 0 Å². The van der Waals surface area contributed by atoms with Gasteiger partial charge in [0.15, 0.2) is 10.8 Å². The molecule has 0 saturated carbocycles. The third-order valence-corrected chi connectivity index (χ3v) is 4.67. The molecule has 0 atom stereocenters. The van der Waals surface area contributed by atoms with Gasteiger partial charge in [-0.25, -0.2) is 9.37 Å². The van der Waals surface area contributed by atoms with Gasteiger partial charge >= 0.3 is 6.01 Å². The van der Waals surface area contributed by atoms with Crippen LogP contribution in [0, 0.1) is 5.82 Å². The standard InChI is InChI=1S/C21H19ClFN5O/c1-2-3-9-29-21-26-18(22)17-20(27-21)28(13-14-7-5-4-6-8-14)19(25-17)15-10-16(23)12-24-11-15/h4-8,10-12H,2-3,9,13H2,1H3. The normalized spacial score (nSPS) is 11.1. The van der Waals surface area contributed by atoms with E-state index in [2.05, 4.69) is 26.9 Å². The van der Waals surface area contributed by atoms with E-state index in [4.69, 9.17) is 16.3 Å². The maximum absolute atomic E-state index is 13.8. The van der Waals surface area contributed by atoms with E-state index < -0.39 is 5.82 Å². The molecule has 0 spiro atoms. The zero-order valence-electron chi connectivity index (χ0n) is 15.8. The van der Waals surface area contributed by atoms with Gasteiger partial charge in [0.25, 0.3) is 0 Å². The summed E-state index contributed by atoms with van der Waals surface area (Å²) in [5.41, 5.74) is 2.54. The predicted octanol–water partition coefficient (Wildman–Crippen LogP) is 4.91. The molecule has 0 saturated heterocycles. The van der Waals surface area contributed by atoms with E-state index in [0.717, 1.165) is 24.6 Å². The van der Waals surface area contributed by atoms with Crippen molar-refractivity contribution in [1.29, 1.82) is 0 Å². The van der Waals surface area contributed by atoms with Crippen LogP contribution in [-0.2, 0) is 6.54 Å². The number of halogens is 2. The van der Waals surface area contributed by atoms with Crippen molar-refractivity contribution in [1.82, 2.24) is 24.5 Å². The number of ether oxygens (including phenoxy) is 1. The van der Waals surface area contributed by atoms with E-state index in [9.17, 15) is 4.39 Å². The molecule has 148 valence electrons. The van der Waals surface area contributed by atoms with Crippen LogP contribution in [0.2, 0.25) is 5.15 Å². The van der Waals surface area contributed by atoms with Gasteiger partial charge in [-0.15, -0.1) is 0 Å². The fourth-order valence-corrected chi connectivity index (χ4v) is 3.19. The lowest BCUT2D eigenvalue weighted by Crippen LogP contribution is -2.06. The van der Waals surface area contributed by atoms with Gasteiger partial charge in [-0.05, 0) is 18.1 Å². The highest BCUT2D eigenvalue weighted by molar-refractivity contribution is 6.33. The second kappa shape index (κ2) is 8.53. The van der Waals surface area contributed by atoms with Gasteiger partial charge in [0, 0.05) is 11.8 Å². The van der Waals surface area contributed by atoms with Gasteiger partial charge in [0.05, 0.1) is 19.3 Å². The van der Waals surface area contributed by atoms with Gasteiger partial charge < -0.3 is 9.30 Å². The van der Waals surface area contributed by atoms with E-state index in [1.165, 1.54) is 6.07 Å². The Labute approximate surface area is 172 Å². The van der Waals surface area contributed by atoms with Crippen LogP contribution in [0.15, 0.2) is 48.8 Å². The van der Waals surface area contributed by atoms with E-state index >= 15 is 0 Å². The predicted molar refractivity (Wildman–Crippen MR) is 109 cm³/mol. The first-order valence-electron chi connectivity index (χ1n) is 9.37. The minimum atomic E-state index is -0.443. The van der Waals surface area contributed by atoms with Crippen LogP contribution in [0.5, 0.6) is 6.01 Å². The van der Waals surface area contributed by atoms with Crippen molar-refractivity contribution in [2.75, 3.05) is 6.61 Å². The van der Waals surface area contributed by atoms with Crippen LogP contribution in [0.25, 0.3) is 22.6 Å². The van der Waals surface area contributed by atoms with Crippen molar-refractivity contribution in [3.8, 4) is 17.4 Å². The number of imidazole rings is 1. The molecule has 29 heavy (non-hydrogen) atoms. The Hall–Kier alpha value is -3.06. The zero-order chi connectivity index (χ0) is 20.2. The number of rotatable bonds is 7. The molecular weight excluding hydrogens is 393 g/mol. The summed E-state index contributed by atoms with van der Waals surface area (Å²) in [6, 6.07) is 11.5. The third-order valence-electron chi connectivity index (χ3n) is 4.41. The van der Waals surface area contributed by atoms with Crippen molar-refractivity contribution < 1.29 is 9.13 Å². The van der Waals surface area contributed by atoms with Crippen molar-refractivity contribution in [3.05, 3.63) is 65.3 Å². The first-order valence-corrected chi connectivity index (χ1v) is 9.75. The molecule has 8 heteroatoms. The van der Waals surface area contributed by atoms with Crippen molar-refractivity contribution in [3.63, 3.8) is 0 Å². The van der Waals surface area contributed by atoms with Crippen LogP contribution in [0.4, 0.5) is 4.39 Å². The second-order valence-electron chi connectivity index (χ2n) is 6.57. The molecule has 0 bridgehead atoms. The summed E-state index contributed by atoms with van der Waals surface area (Å²) < 4.78 is 21.3. The van der Waals surface area contributed by atoms with Gasteiger partial charge in [-0.1, -0.05) is 55.3 Å². The summed E-state index contributed by atoms with van der Waals surface area (Å²) in [7, 11) is 0. The van der Waals surface area contributed by atoms with Crippen molar-refractivity contribution >= 4 is 22.8 Å². The largest absolute Gasteiger partial charge is 0.463 e. The molecule has 0 radical (unpaired) electrons. The number of pyridine rings is 1. The molecule has 0 aliphatic heterocycles. The molecular formula is C21H19ClFN5O. The van der Waals surface area contributed by atoms with Crippen LogP contribution in [0.1, 0.15) is 25.3 Å². The van der Waals surface area contributed by atoms with E-state index in [1.807, 2.05) is 34.9 Å². The van der Waals surface area contributed by atoms with Crippen LogP contribution < -0.4 is 4.74 Å². The Morgan fingerprint density at radius 1 is 1.10 bits per heavy atom. The molecule has 0 fully saturated rings. The topological polar surface area (TPSA) is 65.7 Å². The Bertz CT molecular complexity index is 1130. The summed E-state index contributed by atoms with van der Waals surface area (Å²) in [5, 5.41) is 0.193. The number of hydrogen-bond acceptors (Lipinski definition) is 5. The molecule has 0 aliphatic rings. The smallest absolute Gasteiger partial charge is 0.319 e. The van der Waals surface area contributed by atoms with E-state index in [-0.39, 0.29) is 11.2 Å². The lowest BCUT2D eigenvalue weighted by atomic mass is 10.2. The molecule has 0 aliphatic carbocycles. The highest BCUT2D eigenvalue weighted by atomic mass is 35.5. The van der Waals surface area contributed by atoms with E-state index in [0.29, 0.717) is 35.7 Å². The fourth-order valence-electron chi connectivity index (χ4n) is 2.99. The van der Waals surface area contributed by atoms with Crippen molar-refractivity contribution in [2.24, 2.45) is 0 Å². The SMILES string of the molecule is CCCCOc1nc(Cl)c2nc(-c3cncc(F)c3)n(Cc3ccccc3)c2n1. The zero-order valence-corrected chi connectivity index (χ0v) is 16.6. The third kappa shape index (κ3) is 4.19. The lowest BCUT2D eigenvalue weighted by Gasteiger charge is -2.10. The minimum absolute atomic E-state index is 0.193. The second-order valence-corrected chi connectivity index (χ2v) is 6.93. The number of aromatic nitrogens is 5. The number of nitrogens with zero attached hydrogens (tertiary/aromatic N) is 5. The van der Waals surface area contributed by atoms with Gasteiger partial charge in [-0.3, -0.25) is 4.98 Å². The summed E-state index contributed by atoms with van der Waals surface area (Å²) in [6.45, 7) is 3.06. The summed E-state index contributed by atoms with van der Waals surface area (Å²) in [6.07, 6.45) is 4.60. The molecule has 0 N–H and O–H groups in total. The van der Waals surface area contributed by atoms with Crippen molar-refractivity contribution in [2.45, 2.75) is 26.3 Å². The maximum atomic E-state index is 13.8. The summed E-state index contributed by atoms with van der Waals surface area (Å²) >= 11 is 6.39. The Morgan fingerprint density at radius 3 is 2.69 bits per heavy atom. The minimum Gasteiger partial charge on any atom is -0.463 e. The first-order chi connectivity index (χ1) is 14.2. The molecule has 1 aromatic carbocycles. The Kier molecular flexibility index (Phi) is 5.67. The van der Waals surface area contributed by atoms with E-state index in [1.54, 1.807) is 6.20 Å². The molecule has 3 aromatic heterocycles. The number of hydrogen-bond donors (Lipinski definition) is 0. The Balaban J connectivity index is 1.86. The monoisotopic (exact) mass is 411 g/mol. The molecule has 6 nitrogen and oxygen atoms in total. The fraction of sp³-hybridized carbons (Fsp3) is 0.238. The number of unbranched alkanes of at least 4 members (excludes halogenated alkanes) is 1. The summed E-state index contributed by atoms with van der Waals surface area (Å²) in [4.78, 5) is 17.3. The highest BCUT2D eigenvalue weighted by Crippen LogP contribution is 2.29. The number of benzene rings is 1. The quantitative estimate of drug-likeness (QED) is 0.319. The molecule has 4 aromatic rings. The van der Waals surface area contributed by atoms with Gasteiger partial charge in [-0.2, -0.15) is 9.97 Å². The highest BCUT2D eigenvalue weighted by Gasteiger charge is 2.19. The molecule has 3 heterocycles. The lowest BCUT2D eigenvalue weighted by molar-refractivity contribution is 0.286. The molecule has 0 unspecified atom stereocenters. The van der Waals surface area contributed by atoms with Crippen LogP contribution >= 0.6 is 11.6 Å². The maximum Gasteiger partial charge on any atom is 0.319 e. The first kappa shape index (κ1) is 19.3. The Morgan fingerprint density at radius 2 is 1.93 bits per heavy atom. The molecule has 4 rings (SSSR count). The van der Waals surface area contributed by atoms with Gasteiger partial charge in [0.1, 0.15) is 17.2 Å². The average Bonchev–Trinajstić information content (AvgIpc) is 3.08.